The number of aromatic nitrogens is 1. The summed E-state index contributed by atoms with van der Waals surface area (Å²) in [5.41, 5.74) is 29.1. The molecule has 0 amide bonds. The van der Waals surface area contributed by atoms with E-state index in [0.29, 0.717) is 0 Å². The highest BCUT2D eigenvalue weighted by Gasteiger charge is 2.45. The van der Waals surface area contributed by atoms with E-state index in [1.807, 2.05) is 0 Å². The van der Waals surface area contributed by atoms with E-state index >= 15 is 0 Å². The molecule has 0 radical (unpaired) electrons. The molecule has 13 aromatic rings. The molecule has 0 unspecified atom stereocenters. The molecule has 11 aromatic carbocycles. The summed E-state index contributed by atoms with van der Waals surface area (Å²) in [6, 6.07) is 84.7. The van der Waals surface area contributed by atoms with Crippen LogP contribution in [0.2, 0.25) is 0 Å². The lowest BCUT2D eigenvalue weighted by molar-refractivity contribution is 0.590. The van der Waals surface area contributed by atoms with Gasteiger partial charge in [-0.05, 0) is 195 Å². The lowest BCUT2D eigenvalue weighted by atomic mass is 9.33. The highest BCUT2D eigenvalue weighted by Crippen LogP contribution is 2.50. The summed E-state index contributed by atoms with van der Waals surface area (Å²) in [6.07, 6.45) is 0. The fourth-order valence-corrected chi connectivity index (χ4v) is 14.3. The van der Waals surface area contributed by atoms with Crippen LogP contribution in [0, 0.1) is 20.8 Å². The standard InChI is InChI=1S/C81H73BN4O/c1-50-43-73-76-74(44-50)86(77-51(2)45-53(46-52(77)3)62-25-20-26-66-65-24-17-19-28-75(65)87-78(62)66)72-49-61(39-42-68(72)82(76)67-41-33-56(81(10,11)12)47-71(67)85(73)59-36-31-55(32-37-59)80(7,8)9)83(58-34-29-54(30-35-58)79(4,5)6)60-38-40-64-63-23-16-18-27-69(63)84(70(64)48-60)57-21-14-13-15-22-57/h13-49H,1-12H3. The summed E-state index contributed by atoms with van der Waals surface area (Å²) in [7, 11) is 0. The van der Waals surface area contributed by atoms with Crippen molar-refractivity contribution < 1.29 is 4.42 Å². The third-order valence-electron chi connectivity index (χ3n) is 18.7. The van der Waals surface area contributed by atoms with Crippen molar-refractivity contribution in [3.05, 3.63) is 258 Å². The van der Waals surface area contributed by atoms with Gasteiger partial charge in [0.2, 0.25) is 0 Å². The van der Waals surface area contributed by atoms with E-state index in [0.717, 1.165) is 72.7 Å². The third-order valence-corrected chi connectivity index (χ3v) is 18.7. The Labute approximate surface area is 512 Å². The van der Waals surface area contributed by atoms with Gasteiger partial charge in [0.15, 0.2) is 0 Å². The number of benzene rings is 11. The number of aryl methyl sites for hydroxylation is 3. The molecule has 6 heteroatoms. The van der Waals surface area contributed by atoms with Gasteiger partial charge in [-0.25, -0.2) is 0 Å². The van der Waals surface area contributed by atoms with Crippen molar-refractivity contribution in [2.24, 2.45) is 0 Å². The Morgan fingerprint density at radius 1 is 0.391 bits per heavy atom. The minimum atomic E-state index is -0.0759. The predicted molar refractivity (Wildman–Crippen MR) is 373 cm³/mol. The maximum atomic E-state index is 6.72. The number of furan rings is 1. The van der Waals surface area contributed by atoms with E-state index in [1.54, 1.807) is 0 Å². The van der Waals surface area contributed by atoms with Crippen LogP contribution in [0.3, 0.4) is 0 Å². The molecule has 2 aromatic heterocycles. The Morgan fingerprint density at radius 2 is 0.931 bits per heavy atom. The molecule has 0 saturated heterocycles. The molecule has 0 N–H and O–H groups in total. The second-order valence-electron chi connectivity index (χ2n) is 27.6. The molecule has 87 heavy (non-hydrogen) atoms. The zero-order chi connectivity index (χ0) is 60.0. The fraction of sp³-hybridized carbons (Fsp3) is 0.185. The number of rotatable bonds is 7. The van der Waals surface area contributed by atoms with Crippen LogP contribution >= 0.6 is 0 Å². The molecule has 0 aliphatic carbocycles. The van der Waals surface area contributed by atoms with Crippen molar-refractivity contribution in [3.63, 3.8) is 0 Å². The van der Waals surface area contributed by atoms with Gasteiger partial charge in [0.25, 0.3) is 6.71 Å². The normalized spacial score (nSPS) is 13.2. The van der Waals surface area contributed by atoms with Crippen molar-refractivity contribution in [2.75, 3.05) is 14.7 Å². The molecule has 426 valence electrons. The maximum absolute atomic E-state index is 6.72. The molecule has 0 bridgehead atoms. The molecule has 2 aliphatic rings. The van der Waals surface area contributed by atoms with Crippen molar-refractivity contribution >= 4 is 118 Å². The van der Waals surface area contributed by atoms with Gasteiger partial charge in [0.1, 0.15) is 11.2 Å². The zero-order valence-electron chi connectivity index (χ0n) is 52.1. The Balaban J connectivity index is 0.999. The number of fused-ring (bicyclic) bond motifs is 10. The Bertz CT molecular complexity index is 4890. The van der Waals surface area contributed by atoms with Gasteiger partial charge in [-0.3, -0.25) is 0 Å². The number of anilines is 9. The van der Waals surface area contributed by atoms with Gasteiger partial charge in [0, 0.05) is 78.3 Å². The van der Waals surface area contributed by atoms with Crippen molar-refractivity contribution in [1.29, 1.82) is 0 Å². The van der Waals surface area contributed by atoms with Crippen molar-refractivity contribution in [2.45, 2.75) is 99.3 Å². The molecule has 2 aliphatic heterocycles. The predicted octanol–water partition coefficient (Wildman–Crippen LogP) is 20.7. The molecule has 4 heterocycles. The molecule has 0 atom stereocenters. The van der Waals surface area contributed by atoms with E-state index < -0.39 is 0 Å². The maximum Gasteiger partial charge on any atom is 0.252 e. The minimum absolute atomic E-state index is 0.0125. The molecule has 15 rings (SSSR count). The summed E-state index contributed by atoms with van der Waals surface area (Å²) in [5.74, 6) is 0. The van der Waals surface area contributed by atoms with E-state index in [1.165, 1.54) is 88.8 Å². The van der Waals surface area contributed by atoms with Crippen LogP contribution in [0.25, 0.3) is 60.6 Å². The Hall–Kier alpha value is -9.52. The molecular weight excluding hydrogens is 1060 g/mol. The zero-order valence-corrected chi connectivity index (χ0v) is 52.1. The van der Waals surface area contributed by atoms with Gasteiger partial charge >= 0.3 is 0 Å². The van der Waals surface area contributed by atoms with Crippen molar-refractivity contribution in [3.8, 4) is 16.8 Å². The lowest BCUT2D eigenvalue weighted by Gasteiger charge is -2.45. The van der Waals surface area contributed by atoms with Gasteiger partial charge in [-0.1, -0.05) is 184 Å². The number of hydrogen-bond acceptors (Lipinski definition) is 4. The van der Waals surface area contributed by atoms with Gasteiger partial charge < -0.3 is 23.7 Å². The largest absolute Gasteiger partial charge is 0.455 e. The summed E-state index contributed by atoms with van der Waals surface area (Å²) in [6.45, 7) is 27.6. The van der Waals surface area contributed by atoms with Crippen LogP contribution in [0.4, 0.5) is 51.2 Å². The minimum Gasteiger partial charge on any atom is -0.455 e. The molecular formula is C81H73BN4O. The average molecular weight is 1130 g/mol. The SMILES string of the molecule is Cc1cc2c3c(c1)N(c1c(C)cc(-c4cccc5c4oc4ccccc45)cc1C)c1cc(N(c4ccc(C(C)(C)C)cc4)c4ccc5c6ccccc6n(-c6ccccc6)c5c4)ccc1B3c1ccc(C(C)(C)C)cc1N2c1ccc(C(C)(C)C)cc1. The molecule has 5 nitrogen and oxygen atoms in total. The van der Waals surface area contributed by atoms with Crippen LogP contribution in [-0.4, -0.2) is 11.3 Å². The van der Waals surface area contributed by atoms with E-state index in [4.69, 9.17) is 4.42 Å². The topological polar surface area (TPSA) is 27.8 Å². The first-order valence-electron chi connectivity index (χ1n) is 30.9. The summed E-state index contributed by atoms with van der Waals surface area (Å²) in [4.78, 5) is 7.68. The van der Waals surface area contributed by atoms with Crippen LogP contribution in [0.5, 0.6) is 0 Å². The molecule has 0 saturated carbocycles. The summed E-state index contributed by atoms with van der Waals surface area (Å²) < 4.78 is 9.15. The van der Waals surface area contributed by atoms with Crippen LogP contribution in [-0.2, 0) is 16.2 Å². The average Bonchev–Trinajstić information content (AvgIpc) is 1.43. The van der Waals surface area contributed by atoms with Crippen molar-refractivity contribution in [1.82, 2.24) is 4.57 Å². The summed E-state index contributed by atoms with van der Waals surface area (Å²) in [5, 5.41) is 4.71. The monoisotopic (exact) mass is 1130 g/mol. The lowest BCUT2D eigenvalue weighted by Crippen LogP contribution is -2.61. The highest BCUT2D eigenvalue weighted by molar-refractivity contribution is 7.00. The van der Waals surface area contributed by atoms with E-state index in [9.17, 15) is 0 Å². The molecule has 0 spiro atoms. The van der Waals surface area contributed by atoms with Gasteiger partial charge in [0.05, 0.1) is 16.7 Å². The van der Waals surface area contributed by atoms with Crippen LogP contribution < -0.4 is 31.1 Å². The molecule has 0 fully saturated rings. The number of hydrogen-bond donors (Lipinski definition) is 0. The van der Waals surface area contributed by atoms with E-state index in [-0.39, 0.29) is 23.0 Å². The second-order valence-corrected chi connectivity index (χ2v) is 27.6. The van der Waals surface area contributed by atoms with Gasteiger partial charge in [-0.2, -0.15) is 0 Å². The highest BCUT2D eigenvalue weighted by atomic mass is 16.3. The summed E-state index contributed by atoms with van der Waals surface area (Å²) >= 11 is 0. The third kappa shape index (κ3) is 8.81. The number of para-hydroxylation sites is 4. The first kappa shape index (κ1) is 54.2. The van der Waals surface area contributed by atoms with Gasteiger partial charge in [-0.15, -0.1) is 0 Å². The quantitative estimate of drug-likeness (QED) is 0.149. The number of nitrogens with zero attached hydrogens (tertiary/aromatic N) is 4. The smallest absolute Gasteiger partial charge is 0.252 e. The first-order chi connectivity index (χ1) is 41.8. The first-order valence-corrected chi connectivity index (χ1v) is 30.9. The Kier molecular flexibility index (Phi) is 12.3. The Morgan fingerprint density at radius 3 is 1.62 bits per heavy atom. The van der Waals surface area contributed by atoms with E-state index in [2.05, 4.69) is 327 Å². The fourth-order valence-electron chi connectivity index (χ4n) is 14.3. The van der Waals surface area contributed by atoms with Crippen LogP contribution in [0.1, 0.15) is 95.7 Å². The second kappa shape index (κ2) is 19.8. The van der Waals surface area contributed by atoms with Crippen LogP contribution in [0.15, 0.2) is 229 Å².